The average molecular weight is 361 g/mol. The van der Waals surface area contributed by atoms with Crippen LogP contribution in [0, 0.1) is 13.8 Å². The van der Waals surface area contributed by atoms with Gasteiger partial charge in [0, 0.05) is 6.08 Å². The smallest absolute Gasteiger partial charge is 0.328 e. The Morgan fingerprint density at radius 1 is 1.16 bits per heavy atom. The van der Waals surface area contributed by atoms with Crippen molar-refractivity contribution in [2.45, 2.75) is 18.7 Å². The molecule has 0 aliphatic rings. The number of anilines is 1. The third-order valence-electron chi connectivity index (χ3n) is 3.61. The molecule has 0 amide bonds. The lowest BCUT2D eigenvalue weighted by Gasteiger charge is -2.15. The van der Waals surface area contributed by atoms with Crippen molar-refractivity contribution in [3.8, 4) is 5.75 Å². The summed E-state index contributed by atoms with van der Waals surface area (Å²) in [5, 5.41) is 8.72. The first kappa shape index (κ1) is 18.5. The molecular formula is C18H19NO5S. The first-order valence-corrected chi connectivity index (χ1v) is 8.91. The third kappa shape index (κ3) is 4.39. The molecule has 0 aliphatic heterocycles. The lowest BCUT2D eigenvalue weighted by atomic mass is 10.1. The van der Waals surface area contributed by atoms with Gasteiger partial charge in [0.25, 0.3) is 10.0 Å². The van der Waals surface area contributed by atoms with Crippen molar-refractivity contribution in [1.82, 2.24) is 0 Å². The van der Waals surface area contributed by atoms with Gasteiger partial charge in [-0.15, -0.1) is 0 Å². The molecule has 0 atom stereocenters. The maximum absolute atomic E-state index is 12.8. The predicted molar refractivity (Wildman–Crippen MR) is 96.4 cm³/mol. The molecule has 2 aromatic carbocycles. The summed E-state index contributed by atoms with van der Waals surface area (Å²) in [6.07, 6.45) is 2.26. The fourth-order valence-corrected chi connectivity index (χ4v) is 3.75. The molecule has 0 aliphatic carbocycles. The van der Waals surface area contributed by atoms with Crippen LogP contribution in [0.3, 0.4) is 0 Å². The Morgan fingerprint density at radius 3 is 2.36 bits per heavy atom. The molecular weight excluding hydrogens is 342 g/mol. The highest BCUT2D eigenvalue weighted by atomic mass is 32.2. The van der Waals surface area contributed by atoms with E-state index in [2.05, 4.69) is 4.72 Å². The van der Waals surface area contributed by atoms with Gasteiger partial charge in [0.05, 0.1) is 12.8 Å². The van der Waals surface area contributed by atoms with Gasteiger partial charge in [0.2, 0.25) is 0 Å². The summed E-state index contributed by atoms with van der Waals surface area (Å²) in [6.45, 7) is 3.63. The highest BCUT2D eigenvalue weighted by Crippen LogP contribution is 2.29. The number of aliphatic carboxylic acids is 1. The lowest BCUT2D eigenvalue weighted by molar-refractivity contribution is -0.131. The van der Waals surface area contributed by atoms with Crippen LogP contribution in [0.4, 0.5) is 5.69 Å². The van der Waals surface area contributed by atoms with Gasteiger partial charge in [-0.05, 0) is 48.7 Å². The number of carbonyl (C=O) groups is 1. The molecule has 0 radical (unpaired) electrons. The number of ether oxygens (including phenoxy) is 1. The molecule has 0 unspecified atom stereocenters. The second kappa shape index (κ2) is 7.40. The van der Waals surface area contributed by atoms with E-state index in [-0.39, 0.29) is 10.6 Å². The van der Waals surface area contributed by atoms with Crippen LogP contribution < -0.4 is 9.46 Å². The van der Waals surface area contributed by atoms with Gasteiger partial charge in [-0.3, -0.25) is 4.72 Å². The van der Waals surface area contributed by atoms with E-state index in [9.17, 15) is 13.2 Å². The van der Waals surface area contributed by atoms with Crippen molar-refractivity contribution >= 4 is 27.8 Å². The Morgan fingerprint density at radius 2 is 1.80 bits per heavy atom. The molecule has 0 heterocycles. The number of hydrogen-bond acceptors (Lipinski definition) is 4. The summed E-state index contributed by atoms with van der Waals surface area (Å²) < 4.78 is 33.4. The van der Waals surface area contributed by atoms with Gasteiger partial charge < -0.3 is 9.84 Å². The van der Waals surface area contributed by atoms with Gasteiger partial charge in [0.15, 0.2) is 0 Å². The molecule has 7 heteroatoms. The molecule has 2 rings (SSSR count). The van der Waals surface area contributed by atoms with Crippen LogP contribution in [0.2, 0.25) is 0 Å². The quantitative estimate of drug-likeness (QED) is 0.771. The second-order valence-corrected chi connectivity index (χ2v) is 7.10. The molecule has 0 saturated heterocycles. The number of hydrogen-bond donors (Lipinski definition) is 2. The predicted octanol–water partition coefficient (Wildman–Crippen LogP) is 3.21. The van der Waals surface area contributed by atoms with Crippen molar-refractivity contribution in [2.24, 2.45) is 0 Å². The number of carboxylic acid groups (broad SMARTS) is 1. The lowest BCUT2D eigenvalue weighted by Crippen LogP contribution is -2.16. The van der Waals surface area contributed by atoms with Gasteiger partial charge in [0.1, 0.15) is 10.6 Å². The first-order chi connectivity index (χ1) is 11.7. The van der Waals surface area contributed by atoms with Crippen LogP contribution in [0.1, 0.15) is 16.7 Å². The summed E-state index contributed by atoms with van der Waals surface area (Å²) in [7, 11) is -2.54. The van der Waals surface area contributed by atoms with E-state index in [0.29, 0.717) is 11.3 Å². The molecule has 0 fully saturated rings. The maximum Gasteiger partial charge on any atom is 0.328 e. The maximum atomic E-state index is 12.8. The molecule has 0 aromatic heterocycles. The zero-order valence-electron chi connectivity index (χ0n) is 14.1. The van der Waals surface area contributed by atoms with Crippen LogP contribution in [-0.2, 0) is 14.8 Å². The molecule has 6 nitrogen and oxygen atoms in total. The van der Waals surface area contributed by atoms with Crippen LogP contribution in [0.15, 0.2) is 47.4 Å². The Balaban J connectivity index is 2.50. The molecule has 0 bridgehead atoms. The van der Waals surface area contributed by atoms with Gasteiger partial charge in [-0.25, -0.2) is 13.2 Å². The highest BCUT2D eigenvalue weighted by molar-refractivity contribution is 7.92. The number of methoxy groups -OCH3 is 1. The topological polar surface area (TPSA) is 92.7 Å². The monoisotopic (exact) mass is 361 g/mol. The van der Waals surface area contributed by atoms with E-state index in [1.165, 1.54) is 25.3 Å². The van der Waals surface area contributed by atoms with Crippen LogP contribution >= 0.6 is 0 Å². The van der Waals surface area contributed by atoms with Crippen molar-refractivity contribution in [3.05, 3.63) is 59.2 Å². The third-order valence-corrected chi connectivity index (χ3v) is 4.98. The van der Waals surface area contributed by atoms with Crippen LogP contribution in [0.25, 0.3) is 6.08 Å². The van der Waals surface area contributed by atoms with Crippen LogP contribution in [0.5, 0.6) is 5.75 Å². The average Bonchev–Trinajstić information content (AvgIpc) is 2.56. The zero-order chi connectivity index (χ0) is 18.6. The largest absolute Gasteiger partial charge is 0.495 e. The Bertz CT molecular complexity index is 912. The Hall–Kier alpha value is -2.80. The summed E-state index contributed by atoms with van der Waals surface area (Å²) in [5.41, 5.74) is 2.54. The van der Waals surface area contributed by atoms with E-state index in [1.807, 2.05) is 32.0 Å². The zero-order valence-corrected chi connectivity index (χ0v) is 14.9. The number of carboxylic acids is 1. The SMILES string of the molecule is COc1ccc(/C=C/C(=O)O)cc1S(=O)(=O)Nc1c(C)cccc1C. The summed E-state index contributed by atoms with van der Waals surface area (Å²) >= 11 is 0. The molecule has 132 valence electrons. The molecule has 2 N–H and O–H groups in total. The van der Waals surface area contributed by atoms with Gasteiger partial charge in [-0.2, -0.15) is 0 Å². The normalized spacial score (nSPS) is 11.5. The molecule has 0 saturated carbocycles. The number of aryl methyl sites for hydroxylation is 2. The Labute approximate surface area is 146 Å². The minimum Gasteiger partial charge on any atom is -0.495 e. The Kier molecular flexibility index (Phi) is 5.48. The minimum absolute atomic E-state index is 0.0646. The van der Waals surface area contributed by atoms with E-state index < -0.39 is 16.0 Å². The molecule has 25 heavy (non-hydrogen) atoms. The summed E-state index contributed by atoms with van der Waals surface area (Å²) in [6, 6.07) is 9.91. The number of benzene rings is 2. The van der Waals surface area contributed by atoms with Crippen molar-refractivity contribution in [1.29, 1.82) is 0 Å². The van der Waals surface area contributed by atoms with Gasteiger partial charge in [-0.1, -0.05) is 24.3 Å². The fraction of sp³-hybridized carbons (Fsp3) is 0.167. The van der Waals surface area contributed by atoms with Crippen molar-refractivity contribution in [2.75, 3.05) is 11.8 Å². The van der Waals surface area contributed by atoms with E-state index >= 15 is 0 Å². The number of para-hydroxylation sites is 1. The van der Waals surface area contributed by atoms with E-state index in [4.69, 9.17) is 9.84 Å². The fourth-order valence-electron chi connectivity index (χ4n) is 2.34. The van der Waals surface area contributed by atoms with Crippen molar-refractivity contribution in [3.63, 3.8) is 0 Å². The molecule has 0 spiro atoms. The van der Waals surface area contributed by atoms with E-state index in [1.54, 1.807) is 6.07 Å². The standard InChI is InChI=1S/C18H19NO5S/c1-12-5-4-6-13(2)18(12)19-25(22,23)16-11-14(8-10-17(20)21)7-9-15(16)24-3/h4-11,19H,1-3H3,(H,20,21)/b10-8+. The van der Waals surface area contributed by atoms with Crippen molar-refractivity contribution < 1.29 is 23.1 Å². The minimum atomic E-state index is -3.92. The number of rotatable bonds is 6. The van der Waals surface area contributed by atoms with Crippen LogP contribution in [-0.4, -0.2) is 26.6 Å². The number of sulfonamides is 1. The number of nitrogens with one attached hydrogen (secondary N) is 1. The summed E-state index contributed by atoms with van der Waals surface area (Å²) in [4.78, 5) is 10.6. The summed E-state index contributed by atoms with van der Waals surface area (Å²) in [5.74, 6) is -0.944. The highest BCUT2D eigenvalue weighted by Gasteiger charge is 2.21. The second-order valence-electron chi connectivity index (χ2n) is 5.45. The molecule has 2 aromatic rings. The first-order valence-electron chi connectivity index (χ1n) is 7.42. The van der Waals surface area contributed by atoms with E-state index in [0.717, 1.165) is 17.2 Å². The van der Waals surface area contributed by atoms with Gasteiger partial charge >= 0.3 is 5.97 Å².